The number of carbonyl (C=O) groups is 1. The van der Waals surface area contributed by atoms with E-state index in [1.165, 1.54) is 0 Å². The maximum atomic E-state index is 10.8. The van der Waals surface area contributed by atoms with E-state index in [2.05, 4.69) is 10.6 Å². The summed E-state index contributed by atoms with van der Waals surface area (Å²) in [6.45, 7) is 5.65. The van der Waals surface area contributed by atoms with Crippen molar-refractivity contribution in [2.24, 2.45) is 0 Å². The van der Waals surface area contributed by atoms with Crippen molar-refractivity contribution in [1.82, 2.24) is 10.6 Å². The molecule has 2 N–H and O–H groups in total. The monoisotopic (exact) mass is 174 g/mol. The molecule has 1 unspecified atom stereocenters. The van der Waals surface area contributed by atoms with E-state index in [9.17, 15) is 4.79 Å². The zero-order chi connectivity index (χ0) is 9.40. The SMILES string of the molecule is CCOCC(C)NCC(=O)NC. The Balaban J connectivity index is 3.30. The first-order valence-electron chi connectivity index (χ1n) is 4.22. The third kappa shape index (κ3) is 6.12. The molecule has 0 saturated heterocycles. The van der Waals surface area contributed by atoms with Gasteiger partial charge in [-0.15, -0.1) is 0 Å². The normalized spacial score (nSPS) is 12.6. The van der Waals surface area contributed by atoms with Gasteiger partial charge in [-0.05, 0) is 13.8 Å². The molecule has 0 spiro atoms. The number of ether oxygens (including phenoxy) is 1. The van der Waals surface area contributed by atoms with E-state index < -0.39 is 0 Å². The van der Waals surface area contributed by atoms with Gasteiger partial charge in [-0.3, -0.25) is 4.79 Å². The topological polar surface area (TPSA) is 50.4 Å². The number of hydrogen-bond acceptors (Lipinski definition) is 3. The molecule has 0 radical (unpaired) electrons. The van der Waals surface area contributed by atoms with Crippen LogP contribution in [0.3, 0.4) is 0 Å². The van der Waals surface area contributed by atoms with E-state index in [1.807, 2.05) is 13.8 Å². The summed E-state index contributed by atoms with van der Waals surface area (Å²) in [5, 5.41) is 5.57. The quantitative estimate of drug-likeness (QED) is 0.583. The van der Waals surface area contributed by atoms with Gasteiger partial charge in [0.05, 0.1) is 13.2 Å². The Morgan fingerprint density at radius 3 is 2.75 bits per heavy atom. The molecule has 0 fully saturated rings. The van der Waals surface area contributed by atoms with Gasteiger partial charge < -0.3 is 15.4 Å². The van der Waals surface area contributed by atoms with Crippen LogP contribution < -0.4 is 10.6 Å². The zero-order valence-electron chi connectivity index (χ0n) is 8.02. The molecule has 0 aliphatic carbocycles. The first-order valence-corrected chi connectivity index (χ1v) is 4.22. The molecule has 0 saturated carbocycles. The highest BCUT2D eigenvalue weighted by atomic mass is 16.5. The van der Waals surface area contributed by atoms with Gasteiger partial charge in [0.15, 0.2) is 0 Å². The average Bonchev–Trinajstić information content (AvgIpc) is 2.10. The van der Waals surface area contributed by atoms with Crippen LogP contribution in [0.2, 0.25) is 0 Å². The van der Waals surface area contributed by atoms with E-state index in [4.69, 9.17) is 4.74 Å². The fourth-order valence-electron chi connectivity index (χ4n) is 0.709. The molecule has 72 valence electrons. The summed E-state index contributed by atoms with van der Waals surface area (Å²) in [6, 6.07) is 0.224. The number of likely N-dealkylation sites (N-methyl/N-ethyl adjacent to an activating group) is 1. The first kappa shape index (κ1) is 11.4. The van der Waals surface area contributed by atoms with Crippen LogP contribution >= 0.6 is 0 Å². The van der Waals surface area contributed by atoms with Gasteiger partial charge in [-0.25, -0.2) is 0 Å². The number of carbonyl (C=O) groups excluding carboxylic acids is 1. The Hall–Kier alpha value is -0.610. The van der Waals surface area contributed by atoms with Crippen molar-refractivity contribution >= 4 is 5.91 Å². The van der Waals surface area contributed by atoms with Crippen molar-refractivity contribution < 1.29 is 9.53 Å². The lowest BCUT2D eigenvalue weighted by molar-refractivity contribution is -0.119. The second kappa shape index (κ2) is 7.06. The van der Waals surface area contributed by atoms with Gasteiger partial charge in [-0.2, -0.15) is 0 Å². The fourth-order valence-corrected chi connectivity index (χ4v) is 0.709. The van der Waals surface area contributed by atoms with E-state index in [-0.39, 0.29) is 11.9 Å². The molecular weight excluding hydrogens is 156 g/mol. The van der Waals surface area contributed by atoms with Crippen LogP contribution in [-0.4, -0.2) is 38.8 Å². The molecule has 0 aromatic carbocycles. The van der Waals surface area contributed by atoms with Crippen molar-refractivity contribution in [2.45, 2.75) is 19.9 Å². The van der Waals surface area contributed by atoms with Gasteiger partial charge in [0.1, 0.15) is 0 Å². The van der Waals surface area contributed by atoms with Gasteiger partial charge in [0.2, 0.25) is 5.91 Å². The highest BCUT2D eigenvalue weighted by molar-refractivity contribution is 5.77. The van der Waals surface area contributed by atoms with Crippen molar-refractivity contribution in [1.29, 1.82) is 0 Å². The van der Waals surface area contributed by atoms with Crippen LogP contribution in [0, 0.1) is 0 Å². The minimum absolute atomic E-state index is 0.00153. The highest BCUT2D eigenvalue weighted by Gasteiger charge is 2.02. The molecule has 0 rings (SSSR count). The minimum Gasteiger partial charge on any atom is -0.380 e. The van der Waals surface area contributed by atoms with Crippen molar-refractivity contribution in [3.63, 3.8) is 0 Å². The zero-order valence-corrected chi connectivity index (χ0v) is 8.02. The summed E-state index contributed by atoms with van der Waals surface area (Å²) in [7, 11) is 1.62. The molecule has 0 aliphatic heterocycles. The van der Waals surface area contributed by atoms with Gasteiger partial charge in [0.25, 0.3) is 0 Å². The summed E-state index contributed by atoms with van der Waals surface area (Å²) >= 11 is 0. The lowest BCUT2D eigenvalue weighted by Crippen LogP contribution is -2.38. The van der Waals surface area contributed by atoms with Crippen LogP contribution in [0.5, 0.6) is 0 Å². The predicted octanol–water partition coefficient (Wildman–Crippen LogP) is -0.253. The lowest BCUT2D eigenvalue weighted by Gasteiger charge is -2.12. The largest absolute Gasteiger partial charge is 0.380 e. The Kier molecular flexibility index (Phi) is 6.70. The second-order valence-electron chi connectivity index (χ2n) is 2.61. The molecule has 0 heterocycles. The van der Waals surface area contributed by atoms with E-state index in [0.717, 1.165) is 0 Å². The van der Waals surface area contributed by atoms with Crippen LogP contribution in [0.15, 0.2) is 0 Å². The molecule has 4 heteroatoms. The molecule has 0 aromatic heterocycles. The molecular formula is C8H18N2O2. The molecule has 1 atom stereocenters. The smallest absolute Gasteiger partial charge is 0.233 e. The number of rotatable bonds is 6. The van der Waals surface area contributed by atoms with Crippen LogP contribution in [0.4, 0.5) is 0 Å². The summed E-state index contributed by atoms with van der Waals surface area (Å²) in [5.74, 6) is -0.00153. The van der Waals surface area contributed by atoms with Crippen LogP contribution in [-0.2, 0) is 9.53 Å². The van der Waals surface area contributed by atoms with Crippen LogP contribution in [0.1, 0.15) is 13.8 Å². The first-order chi connectivity index (χ1) is 5.70. The maximum Gasteiger partial charge on any atom is 0.233 e. The summed E-state index contributed by atoms with van der Waals surface area (Å²) < 4.78 is 5.17. The second-order valence-corrected chi connectivity index (χ2v) is 2.61. The van der Waals surface area contributed by atoms with Gasteiger partial charge in [0, 0.05) is 19.7 Å². The Labute approximate surface area is 73.7 Å². The van der Waals surface area contributed by atoms with Gasteiger partial charge in [-0.1, -0.05) is 0 Å². The molecule has 0 aliphatic rings. The fraction of sp³-hybridized carbons (Fsp3) is 0.875. The Bertz CT molecular complexity index is 128. The molecule has 0 bridgehead atoms. The Morgan fingerprint density at radius 2 is 2.25 bits per heavy atom. The van der Waals surface area contributed by atoms with E-state index in [1.54, 1.807) is 7.05 Å². The maximum absolute atomic E-state index is 10.8. The predicted molar refractivity (Wildman–Crippen MR) is 48.0 cm³/mol. The van der Waals surface area contributed by atoms with Crippen molar-refractivity contribution in [2.75, 3.05) is 26.8 Å². The van der Waals surface area contributed by atoms with E-state index >= 15 is 0 Å². The molecule has 4 nitrogen and oxygen atoms in total. The highest BCUT2D eigenvalue weighted by Crippen LogP contribution is 1.82. The number of amides is 1. The van der Waals surface area contributed by atoms with Crippen molar-refractivity contribution in [3.8, 4) is 0 Å². The van der Waals surface area contributed by atoms with Gasteiger partial charge >= 0.3 is 0 Å². The lowest BCUT2D eigenvalue weighted by atomic mass is 10.3. The molecule has 12 heavy (non-hydrogen) atoms. The summed E-state index contributed by atoms with van der Waals surface area (Å²) in [6.07, 6.45) is 0. The minimum atomic E-state index is -0.00153. The summed E-state index contributed by atoms with van der Waals surface area (Å²) in [4.78, 5) is 10.8. The summed E-state index contributed by atoms with van der Waals surface area (Å²) in [5.41, 5.74) is 0. The third-order valence-corrected chi connectivity index (χ3v) is 1.46. The standard InChI is InChI=1S/C8H18N2O2/c1-4-12-6-7(2)10-5-8(11)9-3/h7,10H,4-6H2,1-3H3,(H,9,11). The average molecular weight is 174 g/mol. The molecule has 1 amide bonds. The van der Waals surface area contributed by atoms with E-state index in [0.29, 0.717) is 19.8 Å². The number of nitrogens with one attached hydrogen (secondary N) is 2. The molecule has 0 aromatic rings. The third-order valence-electron chi connectivity index (χ3n) is 1.46. The van der Waals surface area contributed by atoms with Crippen molar-refractivity contribution in [3.05, 3.63) is 0 Å². The Morgan fingerprint density at radius 1 is 1.58 bits per heavy atom. The number of hydrogen-bond donors (Lipinski definition) is 2. The van der Waals surface area contributed by atoms with Crippen LogP contribution in [0.25, 0.3) is 0 Å².